The highest BCUT2D eigenvalue weighted by atomic mass is 19.4. The molecule has 3 rings (SSSR count). The third kappa shape index (κ3) is 6.67. The van der Waals surface area contributed by atoms with E-state index in [0.717, 1.165) is 17.1 Å². The van der Waals surface area contributed by atoms with Crippen LogP contribution in [0.15, 0.2) is 30.6 Å². The highest BCUT2D eigenvalue weighted by Crippen LogP contribution is 2.23. The number of amides is 1. The molecule has 170 valence electrons. The van der Waals surface area contributed by atoms with Crippen LogP contribution in [-0.4, -0.2) is 75.5 Å². The van der Waals surface area contributed by atoms with E-state index in [1.165, 1.54) is 0 Å². The van der Waals surface area contributed by atoms with Gasteiger partial charge in [-0.3, -0.25) is 9.69 Å². The van der Waals surface area contributed by atoms with Crippen molar-refractivity contribution in [3.63, 3.8) is 0 Å². The number of hydrogen-bond acceptors (Lipinski definition) is 6. The predicted molar refractivity (Wildman–Crippen MR) is 103 cm³/mol. The van der Waals surface area contributed by atoms with Gasteiger partial charge < -0.3 is 14.7 Å². The fourth-order valence-corrected chi connectivity index (χ4v) is 3.12. The minimum atomic E-state index is -5.08. The van der Waals surface area contributed by atoms with Gasteiger partial charge in [0.05, 0.1) is 26.1 Å². The molecule has 1 aliphatic rings. The molecule has 0 aliphatic carbocycles. The first-order chi connectivity index (χ1) is 14.5. The highest BCUT2D eigenvalue weighted by molar-refractivity contribution is 5.78. The third-order valence-corrected chi connectivity index (χ3v) is 4.55. The second kappa shape index (κ2) is 10.2. The van der Waals surface area contributed by atoms with Gasteiger partial charge in [-0.2, -0.15) is 18.3 Å². The molecule has 0 bridgehead atoms. The van der Waals surface area contributed by atoms with Crippen LogP contribution < -0.4 is 4.74 Å². The number of carboxylic acids is 1. The molecule has 1 atom stereocenters. The molecule has 1 aliphatic heterocycles. The molecule has 1 N–H and O–H groups in total. The number of halogens is 3. The van der Waals surface area contributed by atoms with Gasteiger partial charge in [0, 0.05) is 32.7 Å². The Morgan fingerprint density at radius 2 is 1.90 bits per heavy atom. The lowest BCUT2D eigenvalue weighted by Crippen LogP contribution is -2.38. The lowest BCUT2D eigenvalue weighted by atomic mass is 10.1. The van der Waals surface area contributed by atoms with E-state index in [0.29, 0.717) is 26.2 Å². The first-order valence-corrected chi connectivity index (χ1v) is 9.25. The normalized spacial score (nSPS) is 16.4. The lowest BCUT2D eigenvalue weighted by molar-refractivity contribution is -0.192. The number of benzene rings is 1. The van der Waals surface area contributed by atoms with Crippen molar-refractivity contribution in [3.8, 4) is 5.75 Å². The van der Waals surface area contributed by atoms with Crippen molar-refractivity contribution in [3.05, 3.63) is 42.0 Å². The summed E-state index contributed by atoms with van der Waals surface area (Å²) >= 11 is 0. The van der Waals surface area contributed by atoms with Gasteiger partial charge in [-0.25, -0.2) is 14.5 Å². The Kier molecular flexibility index (Phi) is 7.97. The quantitative estimate of drug-likeness (QED) is 0.767. The number of fused-ring (bicyclic) bond motifs is 1. The van der Waals surface area contributed by atoms with E-state index < -0.39 is 12.1 Å². The summed E-state index contributed by atoms with van der Waals surface area (Å²) < 4.78 is 39.0. The number of carbonyl (C=O) groups excluding carboxylic acids is 1. The van der Waals surface area contributed by atoms with Crippen molar-refractivity contribution in [1.29, 1.82) is 0 Å². The van der Waals surface area contributed by atoms with Crippen molar-refractivity contribution in [1.82, 2.24) is 24.6 Å². The number of aliphatic carboxylic acids is 1. The maximum atomic E-state index is 12.5. The molecule has 2 aromatic rings. The molecule has 0 saturated carbocycles. The summed E-state index contributed by atoms with van der Waals surface area (Å²) in [6.45, 7) is 2.60. The molecule has 0 spiro atoms. The number of aromatic nitrogens is 3. The number of carbonyl (C=O) groups is 2. The smallest absolute Gasteiger partial charge is 0.490 e. The predicted octanol–water partition coefficient (Wildman–Crippen LogP) is 1.64. The van der Waals surface area contributed by atoms with Gasteiger partial charge in [-0.1, -0.05) is 18.2 Å². The van der Waals surface area contributed by atoms with Crippen LogP contribution in [-0.2, 0) is 29.2 Å². The molecule has 0 saturated heterocycles. The maximum Gasteiger partial charge on any atom is 0.490 e. The molecule has 1 aromatic carbocycles. The van der Waals surface area contributed by atoms with Gasteiger partial charge in [-0.15, -0.1) is 0 Å². The summed E-state index contributed by atoms with van der Waals surface area (Å²) in [6.07, 6.45) is -3.53. The number of hydrogen-bond donors (Lipinski definition) is 1. The Labute approximate surface area is 177 Å². The second-order valence-electron chi connectivity index (χ2n) is 7.07. The summed E-state index contributed by atoms with van der Waals surface area (Å²) in [5.41, 5.74) is 1.10. The number of nitrogens with zero attached hydrogens (tertiary/aromatic N) is 5. The van der Waals surface area contributed by atoms with Gasteiger partial charge in [-0.05, 0) is 6.07 Å². The zero-order chi connectivity index (χ0) is 23.2. The fraction of sp³-hybridized carbons (Fsp3) is 0.474. The number of methoxy groups -OCH3 is 1. The van der Waals surface area contributed by atoms with Crippen LogP contribution in [0, 0.1) is 5.92 Å². The third-order valence-electron chi connectivity index (χ3n) is 4.55. The monoisotopic (exact) mass is 443 g/mol. The Hall–Kier alpha value is -3.15. The largest absolute Gasteiger partial charge is 0.496 e. The van der Waals surface area contributed by atoms with Crippen LogP contribution in [0.4, 0.5) is 13.2 Å². The SMILES string of the molecule is COc1ccccc1CN1Cc2ncnn2CC(C(=O)N(C)C)C1.O=C(O)C(F)(F)F. The molecule has 12 heteroatoms. The van der Waals surface area contributed by atoms with Gasteiger partial charge in [0.25, 0.3) is 0 Å². The van der Waals surface area contributed by atoms with Crippen LogP contribution in [0.25, 0.3) is 0 Å². The van der Waals surface area contributed by atoms with Crippen LogP contribution in [0.1, 0.15) is 11.4 Å². The molecule has 2 heterocycles. The van der Waals surface area contributed by atoms with E-state index in [2.05, 4.69) is 21.0 Å². The van der Waals surface area contributed by atoms with Gasteiger partial charge in [0.15, 0.2) is 0 Å². The first kappa shape index (κ1) is 24.1. The summed E-state index contributed by atoms with van der Waals surface area (Å²) in [5.74, 6) is -1.04. The molecule has 9 nitrogen and oxygen atoms in total. The second-order valence-corrected chi connectivity index (χ2v) is 7.07. The minimum absolute atomic E-state index is 0.114. The van der Waals surface area contributed by atoms with Crippen LogP contribution in [0.3, 0.4) is 0 Å². The average molecular weight is 443 g/mol. The van der Waals surface area contributed by atoms with Crippen LogP contribution >= 0.6 is 0 Å². The van der Waals surface area contributed by atoms with E-state index in [4.69, 9.17) is 14.6 Å². The fourth-order valence-electron chi connectivity index (χ4n) is 3.12. The van der Waals surface area contributed by atoms with Crippen molar-refractivity contribution < 1.29 is 32.6 Å². The Morgan fingerprint density at radius 3 is 2.48 bits per heavy atom. The molecular weight excluding hydrogens is 419 g/mol. The first-order valence-electron chi connectivity index (χ1n) is 9.25. The number of para-hydroxylation sites is 1. The molecule has 0 radical (unpaired) electrons. The molecular formula is C19H24F3N5O4. The summed E-state index contributed by atoms with van der Waals surface area (Å²) in [4.78, 5) is 29.6. The average Bonchev–Trinajstić information content (AvgIpc) is 3.06. The maximum absolute atomic E-state index is 12.5. The lowest BCUT2D eigenvalue weighted by Gasteiger charge is -2.25. The highest BCUT2D eigenvalue weighted by Gasteiger charge is 2.38. The number of alkyl halides is 3. The number of carboxylic acid groups (broad SMARTS) is 1. The molecule has 0 fully saturated rings. The van der Waals surface area contributed by atoms with Gasteiger partial charge in [0.1, 0.15) is 17.9 Å². The Balaban J connectivity index is 0.000000423. The summed E-state index contributed by atoms with van der Waals surface area (Å²) in [7, 11) is 5.26. The van der Waals surface area contributed by atoms with Crippen molar-refractivity contribution in [2.75, 3.05) is 27.7 Å². The van der Waals surface area contributed by atoms with E-state index >= 15 is 0 Å². The Bertz CT molecular complexity index is 901. The van der Waals surface area contributed by atoms with E-state index in [1.54, 1.807) is 32.4 Å². The molecule has 1 amide bonds. The zero-order valence-corrected chi connectivity index (χ0v) is 17.3. The van der Waals surface area contributed by atoms with Crippen molar-refractivity contribution in [2.24, 2.45) is 5.92 Å². The topological polar surface area (TPSA) is 101 Å². The van der Waals surface area contributed by atoms with Crippen molar-refractivity contribution in [2.45, 2.75) is 25.8 Å². The molecule has 1 unspecified atom stereocenters. The van der Waals surface area contributed by atoms with Crippen molar-refractivity contribution >= 4 is 11.9 Å². The minimum Gasteiger partial charge on any atom is -0.496 e. The number of rotatable bonds is 4. The van der Waals surface area contributed by atoms with E-state index in [-0.39, 0.29) is 11.8 Å². The standard InChI is InChI=1S/C17H23N5O2.C2HF3O2/c1-20(2)17(23)14-9-21(11-16-18-12-19-22(16)10-14)8-13-6-4-5-7-15(13)24-3;3-2(4,5)1(6)7/h4-7,12,14H,8-11H2,1-3H3;(H,6,7). The van der Waals surface area contributed by atoms with Gasteiger partial charge >= 0.3 is 12.1 Å². The molecule has 1 aromatic heterocycles. The van der Waals surface area contributed by atoms with Gasteiger partial charge in [0.2, 0.25) is 5.91 Å². The van der Waals surface area contributed by atoms with Crippen LogP contribution in [0.2, 0.25) is 0 Å². The van der Waals surface area contributed by atoms with Crippen LogP contribution in [0.5, 0.6) is 5.75 Å². The number of ether oxygens (including phenoxy) is 1. The summed E-state index contributed by atoms with van der Waals surface area (Å²) in [6, 6.07) is 7.97. The zero-order valence-electron chi connectivity index (χ0n) is 17.3. The van der Waals surface area contributed by atoms with E-state index in [9.17, 15) is 18.0 Å². The molecule has 31 heavy (non-hydrogen) atoms. The van der Waals surface area contributed by atoms with E-state index in [1.807, 2.05) is 22.9 Å². The Morgan fingerprint density at radius 1 is 1.26 bits per heavy atom. The summed E-state index contributed by atoms with van der Waals surface area (Å²) in [5, 5.41) is 11.4.